The van der Waals surface area contributed by atoms with E-state index in [1.807, 2.05) is 0 Å². The third-order valence-corrected chi connectivity index (χ3v) is 4.29. The number of aliphatic hydroxyl groups excluding tert-OH is 1. The van der Waals surface area contributed by atoms with Crippen LogP contribution < -0.4 is 16.4 Å². The number of aromatic nitrogens is 2. The summed E-state index contributed by atoms with van der Waals surface area (Å²) in [5.74, 6) is -2.44. The molecule has 0 aliphatic carbocycles. The molecule has 7 N–H and O–H groups in total. The van der Waals surface area contributed by atoms with Crippen molar-refractivity contribution in [1.29, 1.82) is 0 Å². The van der Waals surface area contributed by atoms with E-state index in [1.54, 1.807) is 0 Å². The summed E-state index contributed by atoms with van der Waals surface area (Å²) < 4.78 is 10.9. The average molecular weight is 401 g/mol. The highest BCUT2D eigenvalue weighted by Crippen LogP contribution is 2.29. The van der Waals surface area contributed by atoms with E-state index in [1.165, 1.54) is 0 Å². The molecule has 0 bridgehead atoms. The molecule has 1 aliphatic heterocycles. The van der Waals surface area contributed by atoms with Gasteiger partial charge in [-0.2, -0.15) is 0 Å². The Balaban J connectivity index is 2.13. The lowest BCUT2D eigenvalue weighted by Crippen LogP contribution is -2.48. The molecule has 2 amide bonds. The van der Waals surface area contributed by atoms with Crippen molar-refractivity contribution in [3.8, 4) is 0 Å². The molecular formula is C15H23N5O8. The molecule has 2 atom stereocenters. The van der Waals surface area contributed by atoms with Gasteiger partial charge in [0.1, 0.15) is 6.04 Å². The van der Waals surface area contributed by atoms with Crippen molar-refractivity contribution >= 4 is 18.0 Å². The Morgan fingerprint density at radius 2 is 1.86 bits per heavy atom. The second-order valence-electron chi connectivity index (χ2n) is 6.39. The van der Waals surface area contributed by atoms with Crippen molar-refractivity contribution in [2.75, 3.05) is 19.8 Å². The number of aliphatic carboxylic acids is 2. The number of hydrogen-bond acceptors (Lipinski definition) is 9. The summed E-state index contributed by atoms with van der Waals surface area (Å²) in [6, 6.07) is -3.45. The van der Waals surface area contributed by atoms with E-state index in [0.717, 1.165) is 0 Å². The highest BCUT2D eigenvalue weighted by molar-refractivity contribution is 5.82. The summed E-state index contributed by atoms with van der Waals surface area (Å²) in [6.45, 7) is 0.0368. The normalized spacial score (nSPS) is 18.1. The number of aliphatic hydroxyl groups is 1. The van der Waals surface area contributed by atoms with Crippen LogP contribution in [0.1, 0.15) is 43.5 Å². The number of carbonyl (C=O) groups excluding carboxylic acids is 1. The Kier molecular flexibility index (Phi) is 7.25. The smallest absolute Gasteiger partial charge is 0.328 e. The van der Waals surface area contributed by atoms with Gasteiger partial charge >= 0.3 is 18.0 Å². The summed E-state index contributed by atoms with van der Waals surface area (Å²) in [6.07, 6.45) is 0.521. The fourth-order valence-electron chi connectivity index (χ4n) is 2.59. The van der Waals surface area contributed by atoms with E-state index >= 15 is 0 Å². The zero-order valence-electron chi connectivity index (χ0n) is 15.0. The van der Waals surface area contributed by atoms with Gasteiger partial charge in [0, 0.05) is 19.6 Å². The lowest BCUT2D eigenvalue weighted by Gasteiger charge is -2.29. The number of hydrogen-bond donors (Lipinski definition) is 6. The zero-order chi connectivity index (χ0) is 20.7. The fourth-order valence-corrected chi connectivity index (χ4v) is 2.59. The van der Waals surface area contributed by atoms with Gasteiger partial charge in [-0.25, -0.2) is 9.59 Å². The molecule has 1 saturated heterocycles. The third-order valence-electron chi connectivity index (χ3n) is 4.29. The molecule has 1 aliphatic rings. The summed E-state index contributed by atoms with van der Waals surface area (Å²) in [4.78, 5) is 33.8. The van der Waals surface area contributed by atoms with Crippen LogP contribution >= 0.6 is 0 Å². The lowest BCUT2D eigenvalue weighted by atomic mass is 9.91. The topological polar surface area (TPSA) is 210 Å². The number of amides is 2. The van der Waals surface area contributed by atoms with Gasteiger partial charge in [-0.1, -0.05) is 0 Å². The first-order valence-corrected chi connectivity index (χ1v) is 8.58. The van der Waals surface area contributed by atoms with E-state index in [9.17, 15) is 14.4 Å². The Morgan fingerprint density at radius 3 is 2.43 bits per heavy atom. The van der Waals surface area contributed by atoms with Crippen LogP contribution in [0.5, 0.6) is 0 Å². The molecule has 2 unspecified atom stereocenters. The molecule has 1 fully saturated rings. The van der Waals surface area contributed by atoms with Crippen LogP contribution in [0.4, 0.5) is 4.79 Å². The van der Waals surface area contributed by atoms with Crippen molar-refractivity contribution in [3.05, 3.63) is 11.8 Å². The van der Waals surface area contributed by atoms with E-state index in [-0.39, 0.29) is 24.6 Å². The largest absolute Gasteiger partial charge is 0.481 e. The van der Waals surface area contributed by atoms with Crippen LogP contribution in [0.2, 0.25) is 0 Å². The molecule has 13 nitrogen and oxygen atoms in total. The first kappa shape index (κ1) is 21.5. The molecule has 0 spiro atoms. The van der Waals surface area contributed by atoms with Gasteiger partial charge in [-0.15, -0.1) is 10.2 Å². The number of urea groups is 1. The predicted octanol–water partition coefficient (Wildman–Crippen LogP) is -1.32. The van der Waals surface area contributed by atoms with Crippen LogP contribution in [0.3, 0.4) is 0 Å². The van der Waals surface area contributed by atoms with Gasteiger partial charge in [0.05, 0.1) is 12.1 Å². The Hall–Kier alpha value is -2.77. The number of nitrogens with one attached hydrogen (secondary N) is 2. The third kappa shape index (κ3) is 5.61. The number of nitrogens with two attached hydrogens (primary N) is 1. The maximum absolute atomic E-state index is 12.0. The van der Waals surface area contributed by atoms with Crippen LogP contribution in [-0.4, -0.2) is 69.3 Å². The maximum atomic E-state index is 12.0. The number of carboxylic acid groups (broad SMARTS) is 2. The summed E-state index contributed by atoms with van der Waals surface area (Å²) in [5, 5.41) is 39.0. The Morgan fingerprint density at radius 1 is 1.18 bits per heavy atom. The highest BCUT2D eigenvalue weighted by Gasteiger charge is 2.36. The van der Waals surface area contributed by atoms with Crippen LogP contribution in [0, 0.1) is 0 Å². The maximum Gasteiger partial charge on any atom is 0.328 e. The Bertz CT molecular complexity index is 702. The van der Waals surface area contributed by atoms with Crippen molar-refractivity contribution < 1.29 is 38.9 Å². The van der Waals surface area contributed by atoms with E-state index in [0.29, 0.717) is 26.1 Å². The van der Waals surface area contributed by atoms with Crippen molar-refractivity contribution in [2.24, 2.45) is 5.73 Å². The quantitative estimate of drug-likeness (QED) is 0.286. The SMILES string of the molecule is NC1(c2nnc(C(CCC(=O)O)NC(=O)NC(CO)C(=O)O)o2)CCOCC1. The lowest BCUT2D eigenvalue weighted by molar-refractivity contribution is -0.140. The minimum atomic E-state index is -1.52. The summed E-state index contributed by atoms with van der Waals surface area (Å²) >= 11 is 0. The molecule has 2 heterocycles. The second kappa shape index (κ2) is 9.43. The molecule has 1 aromatic rings. The van der Waals surface area contributed by atoms with Gasteiger partial charge in [-0.05, 0) is 19.3 Å². The van der Waals surface area contributed by atoms with Gasteiger partial charge < -0.3 is 40.8 Å². The molecule has 2 rings (SSSR count). The predicted molar refractivity (Wildman–Crippen MR) is 90.0 cm³/mol. The zero-order valence-corrected chi connectivity index (χ0v) is 15.0. The monoisotopic (exact) mass is 401 g/mol. The number of rotatable bonds is 9. The molecule has 1 aromatic heterocycles. The number of carbonyl (C=O) groups is 3. The molecule has 0 radical (unpaired) electrons. The van der Waals surface area contributed by atoms with Crippen LogP contribution in [-0.2, 0) is 19.9 Å². The number of carboxylic acids is 2. The molecular weight excluding hydrogens is 378 g/mol. The van der Waals surface area contributed by atoms with Crippen LogP contribution in [0.25, 0.3) is 0 Å². The first-order valence-electron chi connectivity index (χ1n) is 8.58. The Labute approximate surface area is 159 Å². The standard InChI is InChI=1S/C15H23N5O8/c16-15(3-5-27-6-4-15)13-20-19-11(28-13)8(1-2-10(22)23)17-14(26)18-9(7-21)12(24)25/h8-9,21H,1-7,16H2,(H,22,23)(H,24,25)(H2,17,18,26). The summed E-state index contributed by atoms with van der Waals surface area (Å²) in [7, 11) is 0. The van der Waals surface area contributed by atoms with E-state index in [4.69, 9.17) is 30.2 Å². The molecule has 0 aromatic carbocycles. The van der Waals surface area contributed by atoms with Crippen molar-refractivity contribution in [2.45, 2.75) is 43.3 Å². The number of nitrogens with zero attached hydrogens (tertiary/aromatic N) is 2. The minimum Gasteiger partial charge on any atom is -0.481 e. The molecule has 156 valence electrons. The van der Waals surface area contributed by atoms with Crippen molar-refractivity contribution in [1.82, 2.24) is 20.8 Å². The van der Waals surface area contributed by atoms with E-state index < -0.39 is 42.2 Å². The van der Waals surface area contributed by atoms with E-state index in [2.05, 4.69) is 20.8 Å². The van der Waals surface area contributed by atoms with Gasteiger partial charge in [0.2, 0.25) is 11.8 Å². The molecule has 0 saturated carbocycles. The molecule has 13 heteroatoms. The fraction of sp³-hybridized carbons (Fsp3) is 0.667. The van der Waals surface area contributed by atoms with Gasteiger partial charge in [0.15, 0.2) is 6.04 Å². The highest BCUT2D eigenvalue weighted by atomic mass is 16.5. The molecule has 28 heavy (non-hydrogen) atoms. The van der Waals surface area contributed by atoms with Gasteiger partial charge in [-0.3, -0.25) is 4.79 Å². The van der Waals surface area contributed by atoms with Crippen molar-refractivity contribution in [3.63, 3.8) is 0 Å². The van der Waals surface area contributed by atoms with Crippen LogP contribution in [0.15, 0.2) is 4.42 Å². The second-order valence-corrected chi connectivity index (χ2v) is 6.39. The van der Waals surface area contributed by atoms with Gasteiger partial charge in [0.25, 0.3) is 0 Å². The first-order chi connectivity index (χ1) is 13.2. The average Bonchev–Trinajstić information content (AvgIpc) is 3.14. The number of ether oxygens (including phenoxy) is 1. The minimum absolute atomic E-state index is 0.0569. The summed E-state index contributed by atoms with van der Waals surface area (Å²) in [5.41, 5.74) is 5.39.